The van der Waals surface area contributed by atoms with Crippen molar-refractivity contribution in [2.45, 2.75) is 13.3 Å². The number of aliphatic carboxylic acids is 1. The van der Waals surface area contributed by atoms with Gasteiger partial charge in [0.1, 0.15) is 5.84 Å². The molecule has 3 N–H and O–H groups in total. The molecule has 1 aromatic rings. The molecular formula is C11H14N2O2. The number of aliphatic imine (C=N–C) groups is 1. The highest BCUT2D eigenvalue weighted by molar-refractivity contribution is 5.97. The van der Waals surface area contributed by atoms with Crippen LogP contribution in [0.5, 0.6) is 0 Å². The molecule has 1 rings (SSSR count). The summed E-state index contributed by atoms with van der Waals surface area (Å²) < 4.78 is 0. The maximum Gasteiger partial charge on any atom is 0.307 e. The van der Waals surface area contributed by atoms with Gasteiger partial charge in [0, 0.05) is 12.1 Å². The first-order valence-corrected chi connectivity index (χ1v) is 4.74. The summed E-state index contributed by atoms with van der Waals surface area (Å²) in [6.45, 7) is 2.55. The SMILES string of the molecule is CCN=C(N)c1ccc(CC(=O)O)cc1. The molecule has 4 nitrogen and oxygen atoms in total. The fraction of sp³-hybridized carbons (Fsp3) is 0.273. The molecular weight excluding hydrogens is 192 g/mol. The standard InChI is InChI=1S/C11H14N2O2/c1-2-13-11(12)9-5-3-8(4-6-9)7-10(14)15/h3-6H,2,7H2,1H3,(H2,12,13)(H,14,15). The van der Waals surface area contributed by atoms with Gasteiger partial charge < -0.3 is 10.8 Å². The number of carbonyl (C=O) groups is 1. The van der Waals surface area contributed by atoms with E-state index in [-0.39, 0.29) is 6.42 Å². The lowest BCUT2D eigenvalue weighted by atomic mass is 10.1. The highest BCUT2D eigenvalue weighted by Gasteiger charge is 2.01. The molecule has 0 aliphatic carbocycles. The number of benzene rings is 1. The van der Waals surface area contributed by atoms with Gasteiger partial charge in [-0.05, 0) is 12.5 Å². The molecule has 0 saturated heterocycles. The third-order valence-corrected chi connectivity index (χ3v) is 1.93. The second-order valence-corrected chi connectivity index (χ2v) is 3.13. The molecule has 0 bridgehead atoms. The largest absolute Gasteiger partial charge is 0.481 e. The number of carboxylic acid groups (broad SMARTS) is 1. The van der Waals surface area contributed by atoms with E-state index < -0.39 is 5.97 Å². The first-order valence-electron chi connectivity index (χ1n) is 4.74. The first kappa shape index (κ1) is 11.2. The normalized spacial score (nSPS) is 11.4. The summed E-state index contributed by atoms with van der Waals surface area (Å²) in [6, 6.07) is 7.07. The van der Waals surface area contributed by atoms with E-state index in [1.54, 1.807) is 24.3 Å². The van der Waals surface area contributed by atoms with Gasteiger partial charge in [0.25, 0.3) is 0 Å². The third-order valence-electron chi connectivity index (χ3n) is 1.93. The van der Waals surface area contributed by atoms with Crippen LogP contribution in [-0.2, 0) is 11.2 Å². The van der Waals surface area contributed by atoms with Crippen LogP contribution in [0.2, 0.25) is 0 Å². The molecule has 0 aromatic heterocycles. The van der Waals surface area contributed by atoms with Crippen molar-refractivity contribution in [1.82, 2.24) is 0 Å². The van der Waals surface area contributed by atoms with Gasteiger partial charge in [0.15, 0.2) is 0 Å². The van der Waals surface area contributed by atoms with Crippen LogP contribution >= 0.6 is 0 Å². The van der Waals surface area contributed by atoms with E-state index in [9.17, 15) is 4.79 Å². The predicted octanol–water partition coefficient (Wildman–Crippen LogP) is 1.04. The Kier molecular flexibility index (Phi) is 3.85. The van der Waals surface area contributed by atoms with E-state index in [0.29, 0.717) is 12.4 Å². The number of rotatable bonds is 4. The third kappa shape index (κ3) is 3.42. The van der Waals surface area contributed by atoms with Crippen LogP contribution in [0.1, 0.15) is 18.1 Å². The molecule has 0 heterocycles. The predicted molar refractivity (Wildman–Crippen MR) is 59.0 cm³/mol. The van der Waals surface area contributed by atoms with Gasteiger partial charge in [-0.15, -0.1) is 0 Å². The van der Waals surface area contributed by atoms with Gasteiger partial charge in [-0.1, -0.05) is 24.3 Å². The Morgan fingerprint density at radius 1 is 1.40 bits per heavy atom. The minimum Gasteiger partial charge on any atom is -0.481 e. The van der Waals surface area contributed by atoms with Crippen molar-refractivity contribution in [2.24, 2.45) is 10.7 Å². The van der Waals surface area contributed by atoms with Gasteiger partial charge in [0.05, 0.1) is 6.42 Å². The van der Waals surface area contributed by atoms with Gasteiger partial charge in [-0.2, -0.15) is 0 Å². The molecule has 0 radical (unpaired) electrons. The van der Waals surface area contributed by atoms with E-state index in [0.717, 1.165) is 11.1 Å². The zero-order valence-electron chi connectivity index (χ0n) is 8.60. The Balaban J connectivity index is 2.80. The van der Waals surface area contributed by atoms with Crippen LogP contribution in [0.15, 0.2) is 29.3 Å². The Morgan fingerprint density at radius 3 is 2.47 bits per heavy atom. The quantitative estimate of drug-likeness (QED) is 0.571. The second-order valence-electron chi connectivity index (χ2n) is 3.13. The Labute approximate surface area is 88.4 Å². The van der Waals surface area contributed by atoms with E-state index in [2.05, 4.69) is 4.99 Å². The topological polar surface area (TPSA) is 75.7 Å². The molecule has 0 amide bonds. The van der Waals surface area contributed by atoms with Gasteiger partial charge in [-0.25, -0.2) is 0 Å². The van der Waals surface area contributed by atoms with Gasteiger partial charge >= 0.3 is 5.97 Å². The zero-order chi connectivity index (χ0) is 11.3. The monoisotopic (exact) mass is 206 g/mol. The Bertz CT molecular complexity index is 369. The minimum atomic E-state index is -0.835. The lowest BCUT2D eigenvalue weighted by Crippen LogP contribution is -2.13. The fourth-order valence-corrected chi connectivity index (χ4v) is 1.23. The van der Waals surface area contributed by atoms with Crippen LogP contribution in [0, 0.1) is 0 Å². The van der Waals surface area contributed by atoms with E-state index in [4.69, 9.17) is 10.8 Å². The summed E-state index contributed by atoms with van der Waals surface area (Å²) in [7, 11) is 0. The maximum absolute atomic E-state index is 10.4. The molecule has 0 unspecified atom stereocenters. The molecule has 0 aliphatic rings. The highest BCUT2D eigenvalue weighted by Crippen LogP contribution is 2.05. The summed E-state index contributed by atoms with van der Waals surface area (Å²) in [5.74, 6) is -0.350. The number of carboxylic acids is 1. The molecule has 0 atom stereocenters. The molecule has 0 saturated carbocycles. The smallest absolute Gasteiger partial charge is 0.307 e. The number of amidine groups is 1. The molecule has 0 spiro atoms. The summed E-state index contributed by atoms with van der Waals surface area (Å²) >= 11 is 0. The van der Waals surface area contributed by atoms with Gasteiger partial charge in [-0.3, -0.25) is 9.79 Å². The lowest BCUT2D eigenvalue weighted by Gasteiger charge is -2.01. The van der Waals surface area contributed by atoms with Crippen LogP contribution in [0.25, 0.3) is 0 Å². The summed E-state index contributed by atoms with van der Waals surface area (Å²) in [5.41, 5.74) is 7.28. The second kappa shape index (κ2) is 5.14. The van der Waals surface area contributed by atoms with Crippen LogP contribution < -0.4 is 5.73 Å². The van der Waals surface area contributed by atoms with Crippen molar-refractivity contribution in [3.8, 4) is 0 Å². The van der Waals surface area contributed by atoms with Crippen molar-refractivity contribution in [3.05, 3.63) is 35.4 Å². The van der Waals surface area contributed by atoms with Gasteiger partial charge in [0.2, 0.25) is 0 Å². The molecule has 4 heteroatoms. The number of hydrogen-bond donors (Lipinski definition) is 2. The fourth-order valence-electron chi connectivity index (χ4n) is 1.23. The van der Waals surface area contributed by atoms with Crippen LogP contribution in [-0.4, -0.2) is 23.5 Å². The molecule has 0 fully saturated rings. The average Bonchev–Trinajstić information content (AvgIpc) is 2.18. The molecule has 15 heavy (non-hydrogen) atoms. The van der Waals surface area contributed by atoms with Crippen molar-refractivity contribution in [1.29, 1.82) is 0 Å². The maximum atomic E-state index is 10.4. The average molecular weight is 206 g/mol. The van der Waals surface area contributed by atoms with Crippen molar-refractivity contribution >= 4 is 11.8 Å². The van der Waals surface area contributed by atoms with Crippen LogP contribution in [0.3, 0.4) is 0 Å². The summed E-state index contributed by atoms with van der Waals surface area (Å²) in [4.78, 5) is 14.5. The number of hydrogen-bond acceptors (Lipinski definition) is 2. The number of nitrogens with two attached hydrogens (primary N) is 1. The molecule has 80 valence electrons. The van der Waals surface area contributed by atoms with E-state index >= 15 is 0 Å². The Morgan fingerprint density at radius 2 is 2.00 bits per heavy atom. The minimum absolute atomic E-state index is 0.0328. The Hall–Kier alpha value is -1.84. The molecule has 0 aliphatic heterocycles. The van der Waals surface area contributed by atoms with Crippen LogP contribution in [0.4, 0.5) is 0 Å². The zero-order valence-corrected chi connectivity index (χ0v) is 8.60. The summed E-state index contributed by atoms with van der Waals surface area (Å²) in [5, 5.41) is 8.58. The van der Waals surface area contributed by atoms with E-state index in [1.807, 2.05) is 6.92 Å². The summed E-state index contributed by atoms with van der Waals surface area (Å²) in [6.07, 6.45) is 0.0328. The molecule has 1 aromatic carbocycles. The van der Waals surface area contributed by atoms with E-state index in [1.165, 1.54) is 0 Å². The highest BCUT2D eigenvalue weighted by atomic mass is 16.4. The van der Waals surface area contributed by atoms with Crippen molar-refractivity contribution in [2.75, 3.05) is 6.54 Å². The lowest BCUT2D eigenvalue weighted by molar-refractivity contribution is -0.136. The number of nitrogens with zero attached hydrogens (tertiary/aromatic N) is 1. The van der Waals surface area contributed by atoms with Crippen molar-refractivity contribution in [3.63, 3.8) is 0 Å². The first-order chi connectivity index (χ1) is 7.13. The van der Waals surface area contributed by atoms with Crippen molar-refractivity contribution < 1.29 is 9.90 Å².